The van der Waals surface area contributed by atoms with Crippen LogP contribution in [0.4, 0.5) is 0 Å². The van der Waals surface area contributed by atoms with Gasteiger partial charge in [0.05, 0.1) is 27.7 Å². The maximum Gasteiger partial charge on any atom is 0.472 e. The second kappa shape index (κ2) is 71.3. The largest absolute Gasteiger partial charge is 0.472 e. The Balaban J connectivity index is 3.86. The molecule has 2 unspecified atom stereocenters. The van der Waals surface area contributed by atoms with Crippen molar-refractivity contribution in [1.29, 1.82) is 0 Å². The maximum absolute atomic E-state index is 12.9. The Morgan fingerprint density at radius 3 is 0.719 bits per heavy atom. The summed E-state index contributed by atoms with van der Waals surface area (Å²) in [5, 5.41) is 0. The summed E-state index contributed by atoms with van der Waals surface area (Å²) in [5.41, 5.74) is 0. The molecule has 10 heteroatoms. The average Bonchev–Trinajstić information content (AvgIpc) is 3.60. The third kappa shape index (κ3) is 75.9. The van der Waals surface area contributed by atoms with Gasteiger partial charge in [0.1, 0.15) is 19.8 Å². The maximum atomic E-state index is 12.9. The fourth-order valence-electron chi connectivity index (χ4n) is 12.7. The van der Waals surface area contributed by atoms with Crippen molar-refractivity contribution < 1.29 is 42.1 Å². The molecule has 0 saturated heterocycles. The quantitative estimate of drug-likeness (QED) is 0.0278. The van der Waals surface area contributed by atoms with E-state index in [4.69, 9.17) is 18.5 Å². The third-order valence-electron chi connectivity index (χ3n) is 18.9. The molecule has 0 fully saturated rings. The Hall–Kier alpha value is -0.990. The molecule has 1 N–H and O–H groups in total. The van der Waals surface area contributed by atoms with Crippen molar-refractivity contribution >= 4 is 19.8 Å². The van der Waals surface area contributed by atoms with E-state index < -0.39 is 26.5 Å². The summed E-state index contributed by atoms with van der Waals surface area (Å²) in [7, 11) is 1.51. The molecule has 0 radical (unpaired) electrons. The molecule has 0 aromatic rings. The molecule has 0 spiro atoms. The van der Waals surface area contributed by atoms with Gasteiger partial charge in [-0.15, -0.1) is 0 Å². The molecule has 0 amide bonds. The van der Waals surface area contributed by atoms with Crippen LogP contribution in [-0.2, 0) is 32.7 Å². The second-order valence-electron chi connectivity index (χ2n) is 29.2. The summed E-state index contributed by atoms with van der Waals surface area (Å²) in [6.07, 6.45) is 88.4. The van der Waals surface area contributed by atoms with Crippen LogP contribution in [0.5, 0.6) is 0 Å². The van der Waals surface area contributed by atoms with Crippen molar-refractivity contribution in [2.45, 2.75) is 450 Å². The Kier molecular flexibility index (Phi) is 70.5. The number of rotatable bonds is 77. The highest BCUT2D eigenvalue weighted by atomic mass is 31.2. The van der Waals surface area contributed by atoms with Gasteiger partial charge in [0, 0.05) is 12.8 Å². The van der Waals surface area contributed by atoms with Crippen molar-refractivity contribution in [2.75, 3.05) is 47.5 Å². The number of carbonyl (C=O) groups is 2. The monoisotopic (exact) mass is 1280 g/mol. The Morgan fingerprint density at radius 1 is 0.303 bits per heavy atom. The van der Waals surface area contributed by atoms with E-state index in [9.17, 15) is 19.0 Å². The van der Waals surface area contributed by atoms with Gasteiger partial charge >= 0.3 is 19.8 Å². The van der Waals surface area contributed by atoms with E-state index in [1.807, 2.05) is 21.1 Å². The normalized spacial score (nSPS) is 12.9. The summed E-state index contributed by atoms with van der Waals surface area (Å²) in [4.78, 5) is 36.0. The van der Waals surface area contributed by atoms with Crippen molar-refractivity contribution in [2.24, 2.45) is 0 Å². The number of esters is 2. The van der Waals surface area contributed by atoms with Gasteiger partial charge in [-0.05, 0) is 12.8 Å². The lowest BCUT2D eigenvalue weighted by Crippen LogP contribution is -2.37. The van der Waals surface area contributed by atoms with Gasteiger partial charge in [-0.2, -0.15) is 0 Å². The van der Waals surface area contributed by atoms with Gasteiger partial charge in [-0.25, -0.2) is 4.57 Å². The summed E-state index contributed by atoms with van der Waals surface area (Å²) in [5.74, 6) is -0.764. The number of likely N-dealkylation sites (N-methyl/N-ethyl adjacent to an activating group) is 1. The van der Waals surface area contributed by atoms with Crippen molar-refractivity contribution in [1.82, 2.24) is 0 Å². The Labute approximate surface area is 556 Å². The highest BCUT2D eigenvalue weighted by molar-refractivity contribution is 7.47. The van der Waals surface area contributed by atoms with Crippen LogP contribution in [0, 0.1) is 0 Å². The van der Waals surface area contributed by atoms with E-state index >= 15 is 0 Å². The first-order chi connectivity index (χ1) is 43.5. The smallest absolute Gasteiger partial charge is 0.462 e. The van der Waals surface area contributed by atoms with Crippen molar-refractivity contribution in [3.05, 3.63) is 0 Å². The summed E-state index contributed by atoms with van der Waals surface area (Å²) < 4.78 is 34.8. The van der Waals surface area contributed by atoms with Crippen LogP contribution < -0.4 is 0 Å². The Morgan fingerprint density at radius 2 is 0.506 bits per heavy atom. The van der Waals surface area contributed by atoms with E-state index in [1.54, 1.807) is 0 Å². The zero-order valence-electron chi connectivity index (χ0n) is 61.0. The average molecular weight is 1280 g/mol. The first-order valence-electron chi connectivity index (χ1n) is 40.3. The predicted molar refractivity (Wildman–Crippen MR) is 386 cm³/mol. The molecule has 0 saturated carbocycles. The fourth-order valence-corrected chi connectivity index (χ4v) is 13.5. The van der Waals surface area contributed by atoms with E-state index in [-0.39, 0.29) is 25.6 Å². The minimum atomic E-state index is -4.39. The highest BCUT2D eigenvalue weighted by Gasteiger charge is 2.27. The van der Waals surface area contributed by atoms with Gasteiger partial charge in [0.2, 0.25) is 0 Å². The predicted octanol–water partition coefficient (Wildman–Crippen LogP) is 26.5. The van der Waals surface area contributed by atoms with Crippen LogP contribution in [0.25, 0.3) is 0 Å². The van der Waals surface area contributed by atoms with Gasteiger partial charge in [0.15, 0.2) is 6.10 Å². The second-order valence-corrected chi connectivity index (χ2v) is 30.6. The molecule has 0 heterocycles. The highest BCUT2D eigenvalue weighted by Crippen LogP contribution is 2.43. The number of hydrogen-bond donors (Lipinski definition) is 1. The molecule has 0 aliphatic heterocycles. The van der Waals surface area contributed by atoms with E-state index in [1.165, 1.54) is 379 Å². The standard InChI is InChI=1S/C79H158NO8P/c1-6-8-10-12-14-16-18-20-22-24-26-28-30-32-34-35-36-37-38-39-40-41-42-43-44-46-48-50-52-54-56-58-60-62-64-66-68-70-72-79(82)88-77(76-87-89(83,84)86-74-73-80(3,4)5)75-85-78(81)71-69-67-65-63-61-59-57-55-53-51-49-47-45-33-31-29-27-25-23-21-19-17-15-13-11-9-7-2/h77H,6-76H2,1-5H3/p+1. The number of unbranched alkanes of at least 4 members (excludes halogenated alkanes) is 63. The lowest BCUT2D eigenvalue weighted by atomic mass is 10.0. The molecule has 0 aliphatic carbocycles. The van der Waals surface area contributed by atoms with Crippen LogP contribution in [-0.4, -0.2) is 74.9 Å². The molecule has 0 aromatic carbocycles. The topological polar surface area (TPSA) is 108 Å². The first kappa shape index (κ1) is 88.0. The number of quaternary nitrogens is 1. The summed E-state index contributed by atoms with van der Waals surface area (Å²) in [6, 6.07) is 0. The van der Waals surface area contributed by atoms with Gasteiger partial charge in [-0.1, -0.05) is 418 Å². The minimum absolute atomic E-state index is 0.0378. The van der Waals surface area contributed by atoms with Gasteiger partial charge < -0.3 is 18.9 Å². The lowest BCUT2D eigenvalue weighted by Gasteiger charge is -2.24. The number of ether oxygens (including phenoxy) is 2. The van der Waals surface area contributed by atoms with Crippen LogP contribution in [0.1, 0.15) is 444 Å². The molecule has 0 aromatic heterocycles. The summed E-state index contributed by atoms with van der Waals surface area (Å²) in [6.45, 7) is 4.54. The molecule has 0 aliphatic rings. The van der Waals surface area contributed by atoms with Crippen LogP contribution in [0.15, 0.2) is 0 Å². The lowest BCUT2D eigenvalue weighted by molar-refractivity contribution is -0.870. The molecular formula is C79H159NO8P+. The number of nitrogens with zero attached hydrogens (tertiary/aromatic N) is 1. The fraction of sp³-hybridized carbons (Fsp3) is 0.975. The number of phosphoric acid groups is 1. The first-order valence-corrected chi connectivity index (χ1v) is 41.8. The van der Waals surface area contributed by atoms with Gasteiger partial charge in [0.25, 0.3) is 0 Å². The molecule has 2 atom stereocenters. The summed E-state index contributed by atoms with van der Waals surface area (Å²) >= 11 is 0. The number of carbonyl (C=O) groups excluding carboxylic acids is 2. The molecule has 89 heavy (non-hydrogen) atoms. The van der Waals surface area contributed by atoms with Crippen LogP contribution in [0.3, 0.4) is 0 Å². The van der Waals surface area contributed by atoms with Crippen LogP contribution in [0.2, 0.25) is 0 Å². The zero-order chi connectivity index (χ0) is 64.8. The zero-order valence-corrected chi connectivity index (χ0v) is 61.9. The van der Waals surface area contributed by atoms with Gasteiger partial charge in [-0.3, -0.25) is 18.6 Å². The molecule has 532 valence electrons. The van der Waals surface area contributed by atoms with E-state index in [0.717, 1.165) is 38.5 Å². The van der Waals surface area contributed by atoms with Crippen molar-refractivity contribution in [3.8, 4) is 0 Å². The number of phosphoric ester groups is 1. The van der Waals surface area contributed by atoms with Crippen molar-refractivity contribution in [3.63, 3.8) is 0 Å². The molecule has 0 bridgehead atoms. The van der Waals surface area contributed by atoms with Crippen LogP contribution >= 0.6 is 7.82 Å². The van der Waals surface area contributed by atoms with E-state index in [2.05, 4.69) is 13.8 Å². The van der Waals surface area contributed by atoms with E-state index in [0.29, 0.717) is 17.4 Å². The molecule has 9 nitrogen and oxygen atoms in total. The minimum Gasteiger partial charge on any atom is -0.462 e. The Bertz CT molecular complexity index is 1460. The SMILES string of the molecule is CCCCCCCCCCCCCCCCCCCCCCCCCCCCCCCCCCCCCCCCC(=O)OC(COC(=O)CCCCCCCCCCCCCCCCCCCCCCCCCCCCC)COP(=O)(O)OCC[N+](C)(C)C. The molecule has 0 rings (SSSR count). The molecular weight excluding hydrogens is 1120 g/mol. The number of hydrogen-bond acceptors (Lipinski definition) is 7. The third-order valence-corrected chi connectivity index (χ3v) is 19.9.